The molecule has 0 aliphatic carbocycles. The summed E-state index contributed by atoms with van der Waals surface area (Å²) >= 11 is 0. The van der Waals surface area contributed by atoms with Gasteiger partial charge in [-0.2, -0.15) is 0 Å². The summed E-state index contributed by atoms with van der Waals surface area (Å²) in [6.07, 6.45) is 0. The number of nitrogens with two attached hydrogens (primary N) is 2. The second-order valence-corrected chi connectivity index (χ2v) is 5.94. The lowest BCUT2D eigenvalue weighted by molar-refractivity contribution is 0.203. The van der Waals surface area contributed by atoms with E-state index in [9.17, 15) is 8.42 Å². The Hall–Kier alpha value is -1.35. The van der Waals surface area contributed by atoms with E-state index in [1.54, 1.807) is 20.1 Å². The van der Waals surface area contributed by atoms with E-state index >= 15 is 0 Å². The van der Waals surface area contributed by atoms with Crippen molar-refractivity contribution in [1.29, 1.82) is 0 Å². The summed E-state index contributed by atoms with van der Waals surface area (Å²) in [5, 5.41) is 14.3. The van der Waals surface area contributed by atoms with Gasteiger partial charge in [-0.05, 0) is 24.6 Å². The second kappa shape index (κ2) is 6.89. The number of hydrogen-bond donors (Lipinski definition) is 3. The minimum absolute atomic E-state index is 0.00661. The summed E-state index contributed by atoms with van der Waals surface area (Å²) in [4.78, 5) is 1.80. The first kappa shape index (κ1) is 16.7. The van der Waals surface area contributed by atoms with Crippen LogP contribution < -0.4 is 15.8 Å². The molecule has 0 fully saturated rings. The third-order valence-corrected chi connectivity index (χ3v) is 3.97. The highest BCUT2D eigenvalue weighted by atomic mass is 32.2. The van der Waals surface area contributed by atoms with Gasteiger partial charge >= 0.3 is 0 Å². The van der Waals surface area contributed by atoms with Crippen molar-refractivity contribution in [2.24, 2.45) is 5.14 Å². The van der Waals surface area contributed by atoms with Gasteiger partial charge in [0.15, 0.2) is 0 Å². The second-order valence-electron chi connectivity index (χ2n) is 4.41. The van der Waals surface area contributed by atoms with Gasteiger partial charge in [-0.15, -0.1) is 0 Å². The lowest BCUT2D eigenvalue weighted by Crippen LogP contribution is -2.31. The molecule has 0 radical (unpaired) electrons. The Kier molecular flexibility index (Phi) is 5.75. The first-order valence-electron chi connectivity index (χ1n) is 6.09. The van der Waals surface area contributed by atoms with E-state index in [-0.39, 0.29) is 11.5 Å². The summed E-state index contributed by atoms with van der Waals surface area (Å²) in [5.74, 6) is 0. The van der Waals surface area contributed by atoms with Crippen molar-refractivity contribution in [3.63, 3.8) is 0 Å². The van der Waals surface area contributed by atoms with Crippen LogP contribution in [0.3, 0.4) is 0 Å². The van der Waals surface area contributed by atoms with Crippen LogP contribution in [0, 0.1) is 6.92 Å². The molecular formula is C12H21N3O4S. The zero-order chi connectivity index (χ0) is 15.3. The molecule has 0 aliphatic rings. The van der Waals surface area contributed by atoms with Crippen LogP contribution in [0.1, 0.15) is 5.56 Å². The SMILES string of the molecule is COCCN(CCO)c1cc(N)cc(S(N)(=O)=O)c1C. The quantitative estimate of drug-likeness (QED) is 0.593. The zero-order valence-electron chi connectivity index (χ0n) is 11.7. The molecule has 0 spiro atoms. The van der Waals surface area contributed by atoms with Crippen LogP contribution in [-0.2, 0) is 14.8 Å². The minimum Gasteiger partial charge on any atom is -0.399 e. The molecule has 1 rings (SSSR count). The lowest BCUT2D eigenvalue weighted by Gasteiger charge is -2.26. The maximum Gasteiger partial charge on any atom is 0.238 e. The number of anilines is 2. The number of benzene rings is 1. The lowest BCUT2D eigenvalue weighted by atomic mass is 10.1. The van der Waals surface area contributed by atoms with Crippen LogP contribution >= 0.6 is 0 Å². The van der Waals surface area contributed by atoms with Crippen molar-refractivity contribution in [3.8, 4) is 0 Å². The van der Waals surface area contributed by atoms with Crippen molar-refractivity contribution in [3.05, 3.63) is 17.7 Å². The zero-order valence-corrected chi connectivity index (χ0v) is 12.5. The fourth-order valence-electron chi connectivity index (χ4n) is 1.99. The van der Waals surface area contributed by atoms with Crippen molar-refractivity contribution in [2.75, 3.05) is 44.0 Å². The van der Waals surface area contributed by atoms with E-state index in [2.05, 4.69) is 0 Å². The highest BCUT2D eigenvalue weighted by Crippen LogP contribution is 2.29. The van der Waals surface area contributed by atoms with Gasteiger partial charge in [-0.25, -0.2) is 13.6 Å². The predicted octanol–water partition coefficient (Wildman–Crippen LogP) is -0.330. The molecular weight excluding hydrogens is 282 g/mol. The summed E-state index contributed by atoms with van der Waals surface area (Å²) in [6, 6.07) is 3.00. The van der Waals surface area contributed by atoms with Crippen LogP contribution in [0.4, 0.5) is 11.4 Å². The van der Waals surface area contributed by atoms with Crippen LogP contribution in [0.25, 0.3) is 0 Å². The summed E-state index contributed by atoms with van der Waals surface area (Å²) in [7, 11) is -2.28. The maximum absolute atomic E-state index is 11.6. The topological polar surface area (TPSA) is 119 Å². The Balaban J connectivity index is 3.31. The molecule has 20 heavy (non-hydrogen) atoms. The molecule has 0 aliphatic heterocycles. The van der Waals surface area contributed by atoms with Crippen LogP contribution in [0.5, 0.6) is 0 Å². The Labute approximate surface area is 119 Å². The number of aliphatic hydroxyl groups is 1. The standard InChI is InChI=1S/C12H21N3O4S/c1-9-11(15(3-5-16)4-6-19-2)7-10(13)8-12(9)20(14,17)18/h7-8,16H,3-6,13H2,1-2H3,(H2,14,17,18). The molecule has 0 bridgehead atoms. The first-order valence-corrected chi connectivity index (χ1v) is 7.63. The average Bonchev–Trinajstić information content (AvgIpc) is 2.35. The van der Waals surface area contributed by atoms with E-state index in [0.717, 1.165) is 0 Å². The number of methoxy groups -OCH3 is 1. The molecule has 0 atom stereocenters. The molecule has 8 heteroatoms. The number of hydrogen-bond acceptors (Lipinski definition) is 6. The third kappa shape index (κ3) is 4.07. The largest absolute Gasteiger partial charge is 0.399 e. The Morgan fingerprint density at radius 1 is 1.35 bits per heavy atom. The molecule has 0 amide bonds. The van der Waals surface area contributed by atoms with E-state index in [4.69, 9.17) is 20.7 Å². The molecule has 5 N–H and O–H groups in total. The molecule has 1 aromatic carbocycles. The first-order chi connectivity index (χ1) is 9.31. The number of ether oxygens (including phenoxy) is 1. The average molecular weight is 303 g/mol. The van der Waals surface area contributed by atoms with Crippen molar-refractivity contribution in [2.45, 2.75) is 11.8 Å². The van der Waals surface area contributed by atoms with Gasteiger partial charge in [0.05, 0.1) is 18.1 Å². The van der Waals surface area contributed by atoms with Crippen LogP contribution in [0.2, 0.25) is 0 Å². The van der Waals surface area contributed by atoms with E-state index in [0.29, 0.717) is 36.6 Å². The van der Waals surface area contributed by atoms with Gasteiger partial charge in [-0.1, -0.05) is 0 Å². The fraction of sp³-hybridized carbons (Fsp3) is 0.500. The Morgan fingerprint density at radius 3 is 2.50 bits per heavy atom. The van der Waals surface area contributed by atoms with Crippen LogP contribution in [0.15, 0.2) is 17.0 Å². The summed E-state index contributed by atoms with van der Waals surface area (Å²) in [6.45, 7) is 2.89. The third-order valence-electron chi connectivity index (χ3n) is 2.94. The number of aliphatic hydroxyl groups excluding tert-OH is 1. The predicted molar refractivity (Wildman–Crippen MR) is 78.1 cm³/mol. The molecule has 0 saturated carbocycles. The van der Waals surface area contributed by atoms with Crippen LogP contribution in [-0.4, -0.2) is 46.9 Å². The minimum atomic E-state index is -3.85. The normalized spacial score (nSPS) is 11.6. The van der Waals surface area contributed by atoms with E-state index < -0.39 is 10.0 Å². The number of nitrogens with zero attached hydrogens (tertiary/aromatic N) is 1. The van der Waals surface area contributed by atoms with Gasteiger partial charge < -0.3 is 20.5 Å². The van der Waals surface area contributed by atoms with Gasteiger partial charge in [0.25, 0.3) is 0 Å². The summed E-state index contributed by atoms with van der Waals surface area (Å²) in [5.41, 5.74) is 7.18. The molecule has 0 aromatic heterocycles. The van der Waals surface area contributed by atoms with Crippen molar-refractivity contribution in [1.82, 2.24) is 0 Å². The Morgan fingerprint density at radius 2 is 2.00 bits per heavy atom. The molecule has 114 valence electrons. The number of rotatable bonds is 7. The maximum atomic E-state index is 11.6. The van der Waals surface area contributed by atoms with Gasteiger partial charge in [0.2, 0.25) is 10.0 Å². The van der Waals surface area contributed by atoms with E-state index in [1.165, 1.54) is 6.07 Å². The molecule has 0 saturated heterocycles. The monoisotopic (exact) mass is 303 g/mol. The fourth-order valence-corrected chi connectivity index (χ4v) is 2.82. The Bertz CT molecular complexity index is 560. The summed E-state index contributed by atoms with van der Waals surface area (Å²) < 4.78 is 28.2. The number of sulfonamides is 1. The van der Waals surface area contributed by atoms with Gasteiger partial charge in [0, 0.05) is 31.6 Å². The molecule has 1 aromatic rings. The highest BCUT2D eigenvalue weighted by Gasteiger charge is 2.18. The molecule has 0 heterocycles. The molecule has 0 unspecified atom stereocenters. The van der Waals surface area contributed by atoms with Gasteiger partial charge in [0.1, 0.15) is 0 Å². The van der Waals surface area contributed by atoms with Gasteiger partial charge in [-0.3, -0.25) is 0 Å². The number of primary sulfonamides is 1. The van der Waals surface area contributed by atoms with Crippen molar-refractivity contribution >= 4 is 21.4 Å². The van der Waals surface area contributed by atoms with E-state index in [1.807, 2.05) is 4.90 Å². The highest BCUT2D eigenvalue weighted by molar-refractivity contribution is 7.89. The molecule has 7 nitrogen and oxygen atoms in total. The number of nitrogen functional groups attached to an aromatic ring is 1. The smallest absolute Gasteiger partial charge is 0.238 e. The van der Waals surface area contributed by atoms with Crippen molar-refractivity contribution < 1.29 is 18.3 Å².